The maximum Gasteiger partial charge on any atom is 0.284 e. The summed E-state index contributed by atoms with van der Waals surface area (Å²) >= 11 is 0. The number of carbonyl (C=O) groups excluding carboxylic acids is 1. The molecule has 0 radical (unpaired) electrons. The minimum Gasteiger partial charge on any atom is -0.382 e. The van der Waals surface area contributed by atoms with Gasteiger partial charge in [-0.25, -0.2) is 14.6 Å². The van der Waals surface area contributed by atoms with Gasteiger partial charge in [-0.1, -0.05) is 30.3 Å². The quantitative estimate of drug-likeness (QED) is 0.320. The first-order chi connectivity index (χ1) is 20.4. The number of benzene rings is 2. The molecule has 1 fully saturated rings. The van der Waals surface area contributed by atoms with Gasteiger partial charge in [0.25, 0.3) is 11.5 Å². The van der Waals surface area contributed by atoms with E-state index in [0.717, 1.165) is 29.9 Å². The molecule has 3 N–H and O–H groups in total. The van der Waals surface area contributed by atoms with E-state index < -0.39 is 5.91 Å². The molecular weight excluding hydrogens is 532 g/mol. The van der Waals surface area contributed by atoms with E-state index in [9.17, 15) is 9.59 Å². The standard InChI is InChI=1S/C31H30N8O3/c1-20-27(31(41)39(37(20)2)24-6-4-3-5-7-24)30(40)35-23-10-8-21(9-11-23)28-29(32)34-19-26(36-28)22-16-25(18-33-17-22)38-12-14-42-15-13-38/h3-11,16-19H,12-15H2,1-2H3,(H2,32,34)(H,35,40). The smallest absolute Gasteiger partial charge is 0.284 e. The molecular formula is C31H30N8O3. The van der Waals surface area contributed by atoms with Crippen molar-refractivity contribution < 1.29 is 9.53 Å². The normalized spacial score (nSPS) is 13.2. The van der Waals surface area contributed by atoms with Crippen molar-refractivity contribution in [3.05, 3.63) is 101 Å². The number of nitrogens with zero attached hydrogens (tertiary/aromatic N) is 6. The number of hydrogen-bond acceptors (Lipinski definition) is 8. The average molecular weight is 563 g/mol. The first-order valence-electron chi connectivity index (χ1n) is 13.6. The largest absolute Gasteiger partial charge is 0.382 e. The third-order valence-electron chi connectivity index (χ3n) is 7.39. The molecule has 11 heteroatoms. The predicted molar refractivity (Wildman–Crippen MR) is 162 cm³/mol. The number of ether oxygens (including phenoxy) is 1. The second-order valence-electron chi connectivity index (χ2n) is 9.99. The van der Waals surface area contributed by atoms with Crippen molar-refractivity contribution in [3.63, 3.8) is 0 Å². The molecule has 4 heterocycles. The highest BCUT2D eigenvalue weighted by Crippen LogP contribution is 2.28. The lowest BCUT2D eigenvalue weighted by molar-refractivity contribution is 0.102. The lowest BCUT2D eigenvalue weighted by atomic mass is 10.1. The van der Waals surface area contributed by atoms with Gasteiger partial charge in [0.2, 0.25) is 0 Å². The number of pyridine rings is 1. The number of aromatic nitrogens is 5. The molecule has 42 heavy (non-hydrogen) atoms. The van der Waals surface area contributed by atoms with Crippen LogP contribution in [-0.2, 0) is 11.8 Å². The average Bonchev–Trinajstić information content (AvgIpc) is 3.25. The maximum atomic E-state index is 13.2. The van der Waals surface area contributed by atoms with Crippen LogP contribution in [0.5, 0.6) is 0 Å². The molecule has 11 nitrogen and oxygen atoms in total. The van der Waals surface area contributed by atoms with Crippen molar-refractivity contribution >= 4 is 23.1 Å². The predicted octanol–water partition coefficient (Wildman–Crippen LogP) is 3.67. The van der Waals surface area contributed by atoms with Gasteiger partial charge in [-0.05, 0) is 37.3 Å². The van der Waals surface area contributed by atoms with Gasteiger partial charge in [0.05, 0.1) is 48.4 Å². The van der Waals surface area contributed by atoms with Crippen molar-refractivity contribution in [2.45, 2.75) is 6.92 Å². The number of morpholine rings is 1. The summed E-state index contributed by atoms with van der Waals surface area (Å²) in [4.78, 5) is 42.3. The topological polar surface area (TPSA) is 133 Å². The Balaban J connectivity index is 1.23. The molecule has 1 saturated heterocycles. The van der Waals surface area contributed by atoms with E-state index in [1.165, 1.54) is 4.68 Å². The van der Waals surface area contributed by atoms with Gasteiger partial charge in [0, 0.05) is 43.1 Å². The summed E-state index contributed by atoms with van der Waals surface area (Å²) < 4.78 is 8.62. The molecule has 0 spiro atoms. The summed E-state index contributed by atoms with van der Waals surface area (Å²) in [6, 6.07) is 18.4. The van der Waals surface area contributed by atoms with Crippen LogP contribution in [0.15, 0.2) is 84.0 Å². The van der Waals surface area contributed by atoms with E-state index in [0.29, 0.717) is 41.7 Å². The molecule has 0 unspecified atom stereocenters. The Morgan fingerprint density at radius 3 is 2.43 bits per heavy atom. The zero-order valence-corrected chi connectivity index (χ0v) is 23.3. The minimum atomic E-state index is -0.482. The van der Waals surface area contributed by atoms with E-state index in [-0.39, 0.29) is 16.9 Å². The van der Waals surface area contributed by atoms with Crippen LogP contribution in [-0.4, -0.2) is 56.5 Å². The zero-order chi connectivity index (χ0) is 29.2. The van der Waals surface area contributed by atoms with Crippen molar-refractivity contribution in [1.29, 1.82) is 0 Å². The highest BCUT2D eigenvalue weighted by atomic mass is 16.5. The Labute approximate surface area is 242 Å². The van der Waals surface area contributed by atoms with E-state index in [1.807, 2.05) is 54.7 Å². The van der Waals surface area contributed by atoms with Crippen LogP contribution in [0.4, 0.5) is 17.2 Å². The van der Waals surface area contributed by atoms with Crippen molar-refractivity contribution in [3.8, 4) is 28.2 Å². The Bertz CT molecular complexity index is 1810. The Kier molecular flexibility index (Phi) is 7.24. The lowest BCUT2D eigenvalue weighted by Gasteiger charge is -2.28. The van der Waals surface area contributed by atoms with Gasteiger partial charge in [-0.2, -0.15) is 0 Å². The van der Waals surface area contributed by atoms with Crippen molar-refractivity contribution in [2.24, 2.45) is 7.05 Å². The summed E-state index contributed by atoms with van der Waals surface area (Å²) in [5.41, 5.74) is 11.4. The number of hydrogen-bond donors (Lipinski definition) is 2. The Hall–Kier alpha value is -5.29. The first kappa shape index (κ1) is 26.9. The number of nitrogens with one attached hydrogen (secondary N) is 1. The van der Waals surface area contributed by atoms with Gasteiger partial charge < -0.3 is 20.7 Å². The molecule has 0 saturated carbocycles. The summed E-state index contributed by atoms with van der Waals surface area (Å²) in [5, 5.41) is 2.85. The molecule has 5 aromatic rings. The van der Waals surface area contributed by atoms with E-state index in [2.05, 4.69) is 20.2 Å². The number of anilines is 3. The summed E-state index contributed by atoms with van der Waals surface area (Å²) in [5.74, 6) is -0.196. The summed E-state index contributed by atoms with van der Waals surface area (Å²) in [6.45, 7) is 4.73. The molecule has 6 rings (SSSR count). The fourth-order valence-electron chi connectivity index (χ4n) is 5.05. The van der Waals surface area contributed by atoms with Crippen LogP contribution in [0.25, 0.3) is 28.2 Å². The minimum absolute atomic E-state index is 0.0844. The molecule has 2 aromatic carbocycles. The zero-order valence-electron chi connectivity index (χ0n) is 23.3. The lowest BCUT2D eigenvalue weighted by Crippen LogP contribution is -2.36. The fourth-order valence-corrected chi connectivity index (χ4v) is 5.05. The van der Waals surface area contributed by atoms with Gasteiger partial charge >= 0.3 is 0 Å². The number of amides is 1. The Morgan fingerprint density at radius 2 is 1.69 bits per heavy atom. The summed E-state index contributed by atoms with van der Waals surface area (Å²) in [7, 11) is 1.75. The van der Waals surface area contributed by atoms with Crippen LogP contribution in [0.3, 0.4) is 0 Å². The monoisotopic (exact) mass is 562 g/mol. The summed E-state index contributed by atoms with van der Waals surface area (Å²) in [6.07, 6.45) is 5.23. The molecule has 1 aliphatic rings. The van der Waals surface area contributed by atoms with Gasteiger partial charge in [0.1, 0.15) is 17.1 Å². The fraction of sp³-hybridized carbons (Fsp3) is 0.194. The SMILES string of the molecule is Cc1c(C(=O)Nc2ccc(-c3nc(-c4cncc(N5CCOCC5)c4)cnc3N)cc2)c(=O)n(-c2ccccc2)n1C. The molecule has 3 aromatic heterocycles. The number of rotatable bonds is 6. The Morgan fingerprint density at radius 1 is 0.952 bits per heavy atom. The maximum absolute atomic E-state index is 13.2. The van der Waals surface area contributed by atoms with Crippen LogP contribution < -0.4 is 21.5 Å². The number of carbonyl (C=O) groups is 1. The molecule has 212 valence electrons. The molecule has 0 atom stereocenters. The van der Waals surface area contributed by atoms with Gasteiger partial charge in [0.15, 0.2) is 0 Å². The highest BCUT2D eigenvalue weighted by Gasteiger charge is 2.22. The van der Waals surface area contributed by atoms with Crippen LogP contribution in [0.1, 0.15) is 16.1 Å². The van der Waals surface area contributed by atoms with E-state index >= 15 is 0 Å². The van der Waals surface area contributed by atoms with Crippen molar-refractivity contribution in [2.75, 3.05) is 42.3 Å². The molecule has 0 aliphatic carbocycles. The number of nitrogens with two attached hydrogens (primary N) is 1. The second kappa shape index (κ2) is 11.3. The van der Waals surface area contributed by atoms with Crippen molar-refractivity contribution in [1.82, 2.24) is 24.3 Å². The van der Waals surface area contributed by atoms with Gasteiger partial charge in [-0.15, -0.1) is 0 Å². The van der Waals surface area contributed by atoms with Crippen LogP contribution in [0, 0.1) is 6.92 Å². The van der Waals surface area contributed by atoms with E-state index in [1.54, 1.807) is 43.2 Å². The molecule has 1 aliphatic heterocycles. The number of para-hydroxylation sites is 1. The molecule has 0 bridgehead atoms. The molecule has 1 amide bonds. The highest BCUT2D eigenvalue weighted by molar-refractivity contribution is 6.05. The number of nitrogen functional groups attached to an aromatic ring is 1. The van der Waals surface area contributed by atoms with E-state index in [4.69, 9.17) is 15.5 Å². The van der Waals surface area contributed by atoms with Gasteiger partial charge in [-0.3, -0.25) is 19.3 Å². The third kappa shape index (κ3) is 5.13. The second-order valence-corrected chi connectivity index (χ2v) is 9.99. The van der Waals surface area contributed by atoms with Crippen LogP contribution >= 0.6 is 0 Å². The van der Waals surface area contributed by atoms with Crippen LogP contribution in [0.2, 0.25) is 0 Å². The first-order valence-corrected chi connectivity index (χ1v) is 13.6. The third-order valence-corrected chi connectivity index (χ3v) is 7.39.